The molecule has 0 aromatic carbocycles. The van der Waals surface area contributed by atoms with Gasteiger partial charge in [-0.15, -0.1) is 0 Å². The highest BCUT2D eigenvalue weighted by Gasteiger charge is 2.42. The lowest BCUT2D eigenvalue weighted by atomic mass is 11.8. The van der Waals surface area contributed by atoms with Crippen LogP contribution in [0.1, 0.15) is 0 Å². The van der Waals surface area contributed by atoms with Crippen molar-refractivity contribution in [2.24, 2.45) is 0 Å². The average molecular weight is 281 g/mol. The quantitative estimate of drug-likeness (QED) is 0.700. The van der Waals surface area contributed by atoms with Crippen molar-refractivity contribution in [3.63, 3.8) is 0 Å². The lowest BCUT2D eigenvalue weighted by Crippen LogP contribution is -2.55. The molecule has 0 saturated heterocycles. The average Bonchev–Trinajstić information content (AvgIpc) is 1.74. The summed E-state index contributed by atoms with van der Waals surface area (Å²) in [7, 11) is -5.13. The Kier molecular flexibility index (Phi) is 5.65. The summed E-state index contributed by atoms with van der Waals surface area (Å²) < 4.78 is 18.0. The zero-order valence-corrected chi connectivity index (χ0v) is 15.2. The Morgan fingerprint density at radius 3 is 1.27 bits per heavy atom. The van der Waals surface area contributed by atoms with E-state index in [0.29, 0.717) is 9.76 Å². The Labute approximate surface area is 100 Å². The van der Waals surface area contributed by atoms with Crippen molar-refractivity contribution in [1.29, 1.82) is 0 Å². The molecule has 0 aliphatic heterocycles. The fourth-order valence-corrected chi connectivity index (χ4v) is 13.4. The minimum Gasteiger partial charge on any atom is -0.417 e. The Hall–Kier alpha value is 0.748. The largest absolute Gasteiger partial charge is 0.466 e. The normalized spacial score (nSPS) is 14.4. The van der Waals surface area contributed by atoms with Gasteiger partial charge in [0, 0.05) is 6.55 Å². The summed E-state index contributed by atoms with van der Waals surface area (Å²) in [4.78, 5) is 0. The van der Waals surface area contributed by atoms with Gasteiger partial charge in [0.15, 0.2) is 16.6 Å². The topological polar surface area (TPSA) is 27.7 Å². The molecule has 0 fully saturated rings. The minimum absolute atomic E-state index is 0.437. The molecule has 0 aromatic heterocycles. The van der Waals surface area contributed by atoms with E-state index in [1.165, 1.54) is 0 Å². The van der Waals surface area contributed by atoms with Crippen LogP contribution < -0.4 is 0 Å². The standard InChI is InChI=1S/C8H24O3Si4/c1-12-9-15(8,10-13(2,3)4)11-14(5,6)7/h1-8H3. The summed E-state index contributed by atoms with van der Waals surface area (Å²) in [6.45, 7) is 17.1. The molecule has 15 heavy (non-hydrogen) atoms. The summed E-state index contributed by atoms with van der Waals surface area (Å²) >= 11 is 0. The highest BCUT2D eigenvalue weighted by atomic mass is 28.5. The first-order valence-electron chi connectivity index (χ1n) is 5.22. The van der Waals surface area contributed by atoms with Crippen LogP contribution in [0.25, 0.3) is 0 Å². The third kappa shape index (κ3) is 8.54. The van der Waals surface area contributed by atoms with E-state index in [1.54, 1.807) is 0 Å². The Morgan fingerprint density at radius 2 is 1.07 bits per heavy atom. The summed E-state index contributed by atoms with van der Waals surface area (Å²) in [5, 5.41) is 0. The molecule has 90 valence electrons. The fraction of sp³-hybridized carbons (Fsp3) is 1.00. The van der Waals surface area contributed by atoms with Crippen LogP contribution in [0.4, 0.5) is 0 Å². The Bertz CT molecular complexity index is 181. The third-order valence-electron chi connectivity index (χ3n) is 1.27. The first kappa shape index (κ1) is 15.7. The molecule has 0 aromatic rings. The second-order valence-corrected chi connectivity index (χ2v) is 18.6. The SMILES string of the molecule is C[Si]O[Si](C)(O[Si](C)(C)C)O[Si](C)(C)C. The molecule has 0 aliphatic rings. The highest BCUT2D eigenvalue weighted by molar-refractivity contribution is 6.86. The molecule has 0 spiro atoms. The van der Waals surface area contributed by atoms with E-state index in [4.69, 9.17) is 12.3 Å². The zero-order chi connectivity index (χ0) is 12.3. The van der Waals surface area contributed by atoms with Crippen molar-refractivity contribution < 1.29 is 12.3 Å². The van der Waals surface area contributed by atoms with Crippen LogP contribution in [0.15, 0.2) is 0 Å². The van der Waals surface area contributed by atoms with Gasteiger partial charge in [-0.1, -0.05) is 0 Å². The molecular formula is C8H24O3Si4. The maximum Gasteiger partial charge on any atom is 0.466 e. The maximum absolute atomic E-state index is 6.12. The van der Waals surface area contributed by atoms with Gasteiger partial charge in [0.05, 0.1) is 0 Å². The van der Waals surface area contributed by atoms with Gasteiger partial charge in [-0.05, 0) is 45.8 Å². The van der Waals surface area contributed by atoms with Crippen LogP contribution in [0.2, 0.25) is 52.4 Å². The first-order chi connectivity index (χ1) is 6.47. The highest BCUT2D eigenvalue weighted by Crippen LogP contribution is 2.21. The van der Waals surface area contributed by atoms with Crippen LogP contribution in [-0.4, -0.2) is 35.2 Å². The van der Waals surface area contributed by atoms with Gasteiger partial charge in [0.1, 0.15) is 0 Å². The third-order valence-corrected chi connectivity index (χ3v) is 11.4. The smallest absolute Gasteiger partial charge is 0.417 e. The van der Waals surface area contributed by atoms with Gasteiger partial charge in [0.25, 0.3) is 0 Å². The molecule has 0 saturated carbocycles. The predicted octanol–water partition coefficient (Wildman–Crippen LogP) is 2.94. The summed E-state index contributed by atoms with van der Waals surface area (Å²) in [5.41, 5.74) is 0. The number of hydrogen-bond donors (Lipinski definition) is 0. The molecule has 7 heteroatoms. The summed E-state index contributed by atoms with van der Waals surface area (Å²) in [5.74, 6) is 0. The van der Waals surface area contributed by atoms with Crippen LogP contribution in [0.3, 0.4) is 0 Å². The van der Waals surface area contributed by atoms with Gasteiger partial charge in [-0.25, -0.2) is 0 Å². The molecule has 0 aliphatic carbocycles. The van der Waals surface area contributed by atoms with E-state index in [-0.39, 0.29) is 0 Å². The molecular weight excluding hydrogens is 256 g/mol. The van der Waals surface area contributed by atoms with E-state index in [1.807, 2.05) is 13.1 Å². The minimum atomic E-state index is -2.38. The molecule has 0 heterocycles. The van der Waals surface area contributed by atoms with Crippen LogP contribution in [-0.2, 0) is 12.3 Å². The molecule has 0 N–H and O–H groups in total. The lowest BCUT2D eigenvalue weighted by Gasteiger charge is -2.37. The summed E-state index contributed by atoms with van der Waals surface area (Å²) in [6, 6.07) is 0. The van der Waals surface area contributed by atoms with Crippen molar-refractivity contribution in [2.75, 3.05) is 0 Å². The summed E-state index contributed by atoms with van der Waals surface area (Å²) in [6.07, 6.45) is 0. The van der Waals surface area contributed by atoms with E-state index >= 15 is 0 Å². The van der Waals surface area contributed by atoms with Crippen molar-refractivity contribution in [1.82, 2.24) is 0 Å². The van der Waals surface area contributed by atoms with Gasteiger partial charge >= 0.3 is 8.80 Å². The second-order valence-electron chi connectivity index (χ2n) is 5.60. The molecule has 0 rings (SSSR count). The zero-order valence-electron chi connectivity index (χ0n) is 11.2. The molecule has 2 radical (unpaired) electrons. The van der Waals surface area contributed by atoms with E-state index in [9.17, 15) is 0 Å². The first-order valence-corrected chi connectivity index (χ1v) is 15.7. The van der Waals surface area contributed by atoms with Gasteiger partial charge in [-0.3, -0.25) is 0 Å². The lowest BCUT2D eigenvalue weighted by molar-refractivity contribution is 0.273. The van der Waals surface area contributed by atoms with Gasteiger partial charge in [0.2, 0.25) is 9.76 Å². The number of rotatable bonds is 6. The molecule has 0 atom stereocenters. The van der Waals surface area contributed by atoms with Gasteiger partial charge < -0.3 is 12.3 Å². The van der Waals surface area contributed by atoms with Crippen LogP contribution in [0.5, 0.6) is 0 Å². The molecule has 0 unspecified atom stereocenters. The maximum atomic E-state index is 6.12. The Morgan fingerprint density at radius 1 is 0.733 bits per heavy atom. The molecule has 0 bridgehead atoms. The Balaban J connectivity index is 4.59. The number of hydrogen-bond acceptors (Lipinski definition) is 3. The van der Waals surface area contributed by atoms with E-state index in [0.717, 1.165) is 0 Å². The predicted molar refractivity (Wildman–Crippen MR) is 73.2 cm³/mol. The van der Waals surface area contributed by atoms with E-state index < -0.39 is 25.4 Å². The van der Waals surface area contributed by atoms with Crippen LogP contribution in [0, 0.1) is 0 Å². The molecule has 3 nitrogen and oxygen atoms in total. The van der Waals surface area contributed by atoms with Crippen molar-refractivity contribution in [3.8, 4) is 0 Å². The fourth-order valence-electron chi connectivity index (χ4n) is 1.36. The van der Waals surface area contributed by atoms with E-state index in [2.05, 4.69) is 39.3 Å². The van der Waals surface area contributed by atoms with Crippen molar-refractivity contribution in [3.05, 3.63) is 0 Å². The monoisotopic (exact) mass is 280 g/mol. The van der Waals surface area contributed by atoms with Crippen LogP contribution >= 0.6 is 0 Å². The van der Waals surface area contributed by atoms with Crippen molar-refractivity contribution >= 4 is 35.2 Å². The van der Waals surface area contributed by atoms with Crippen molar-refractivity contribution in [2.45, 2.75) is 52.4 Å². The van der Waals surface area contributed by atoms with Gasteiger partial charge in [-0.2, -0.15) is 0 Å². The molecule has 0 amide bonds. The second kappa shape index (κ2) is 5.39.